The molecule has 1 amide bonds. The van der Waals surface area contributed by atoms with Crippen LogP contribution < -0.4 is 5.43 Å². The highest BCUT2D eigenvalue weighted by atomic mass is 32.2. The van der Waals surface area contributed by atoms with E-state index in [0.29, 0.717) is 16.7 Å². The summed E-state index contributed by atoms with van der Waals surface area (Å²) in [6.07, 6.45) is 6.80. The molecule has 0 saturated carbocycles. The van der Waals surface area contributed by atoms with E-state index in [9.17, 15) is 4.79 Å². The van der Waals surface area contributed by atoms with E-state index in [1.807, 2.05) is 66.9 Å². The zero-order valence-corrected chi connectivity index (χ0v) is 18.5. The average Bonchev–Trinajstić information content (AvgIpc) is 3.27. The van der Waals surface area contributed by atoms with Gasteiger partial charge in [-0.3, -0.25) is 19.3 Å². The maximum absolute atomic E-state index is 12.4. The molecule has 9 heteroatoms. The first-order valence-corrected chi connectivity index (χ1v) is 10.9. The van der Waals surface area contributed by atoms with E-state index in [4.69, 9.17) is 0 Å². The zero-order valence-electron chi connectivity index (χ0n) is 17.6. The molecule has 3 aromatic heterocycles. The van der Waals surface area contributed by atoms with Crippen molar-refractivity contribution in [3.05, 3.63) is 84.4 Å². The van der Waals surface area contributed by atoms with Gasteiger partial charge in [-0.2, -0.15) is 5.10 Å². The minimum absolute atomic E-state index is 0.146. The molecule has 0 saturated heterocycles. The molecule has 32 heavy (non-hydrogen) atoms. The van der Waals surface area contributed by atoms with Gasteiger partial charge in [-0.25, -0.2) is 5.43 Å². The normalized spacial score (nSPS) is 11.4. The van der Waals surface area contributed by atoms with Crippen LogP contribution in [-0.4, -0.2) is 42.1 Å². The Morgan fingerprint density at radius 1 is 0.969 bits per heavy atom. The third kappa shape index (κ3) is 5.06. The number of carbonyl (C=O) groups excluding carboxylic acids is 1. The second-order valence-corrected chi connectivity index (χ2v) is 7.91. The third-order valence-electron chi connectivity index (χ3n) is 4.64. The lowest BCUT2D eigenvalue weighted by molar-refractivity contribution is -0.118. The van der Waals surface area contributed by atoms with Gasteiger partial charge in [0.1, 0.15) is 0 Å². The summed E-state index contributed by atoms with van der Waals surface area (Å²) in [5.74, 6) is 0.603. The van der Waals surface area contributed by atoms with Gasteiger partial charge in [-0.15, -0.1) is 10.2 Å². The van der Waals surface area contributed by atoms with Crippen molar-refractivity contribution in [2.24, 2.45) is 5.10 Å². The van der Waals surface area contributed by atoms with Crippen LogP contribution in [0.1, 0.15) is 18.1 Å². The smallest absolute Gasteiger partial charge is 0.250 e. The summed E-state index contributed by atoms with van der Waals surface area (Å²) in [6.45, 7) is 3.87. The Morgan fingerprint density at radius 3 is 2.31 bits per heavy atom. The Morgan fingerprint density at radius 2 is 1.62 bits per heavy atom. The van der Waals surface area contributed by atoms with Crippen LogP contribution in [0.15, 0.2) is 83.6 Å². The van der Waals surface area contributed by atoms with Crippen LogP contribution >= 0.6 is 11.8 Å². The molecule has 8 nitrogen and oxygen atoms in total. The van der Waals surface area contributed by atoms with Gasteiger partial charge in [0.2, 0.25) is 0 Å². The first-order valence-electron chi connectivity index (χ1n) is 9.91. The van der Waals surface area contributed by atoms with E-state index >= 15 is 0 Å². The highest BCUT2D eigenvalue weighted by Crippen LogP contribution is 2.27. The van der Waals surface area contributed by atoms with Crippen LogP contribution in [0.5, 0.6) is 0 Å². The van der Waals surface area contributed by atoms with Crippen molar-refractivity contribution in [2.75, 3.05) is 5.75 Å². The van der Waals surface area contributed by atoms with Gasteiger partial charge in [0.05, 0.1) is 11.5 Å². The fourth-order valence-electron chi connectivity index (χ4n) is 2.94. The molecule has 1 N–H and O–H groups in total. The predicted octanol–water partition coefficient (Wildman–Crippen LogP) is 3.67. The molecule has 0 aliphatic heterocycles. The van der Waals surface area contributed by atoms with Crippen LogP contribution in [-0.2, 0) is 4.79 Å². The van der Waals surface area contributed by atoms with Gasteiger partial charge in [0.25, 0.3) is 5.91 Å². The summed E-state index contributed by atoms with van der Waals surface area (Å²) < 4.78 is 1.94. The summed E-state index contributed by atoms with van der Waals surface area (Å²) in [7, 11) is 0. The zero-order chi connectivity index (χ0) is 22.3. The average molecular weight is 444 g/mol. The van der Waals surface area contributed by atoms with E-state index in [2.05, 4.69) is 30.7 Å². The van der Waals surface area contributed by atoms with E-state index in [-0.39, 0.29) is 11.7 Å². The molecule has 0 aliphatic rings. The van der Waals surface area contributed by atoms with Gasteiger partial charge in [0.15, 0.2) is 11.0 Å². The minimum Gasteiger partial charge on any atom is -0.272 e. The maximum atomic E-state index is 12.4. The number of amides is 1. The summed E-state index contributed by atoms with van der Waals surface area (Å²) >= 11 is 1.30. The molecular weight excluding hydrogens is 422 g/mol. The molecule has 0 unspecified atom stereocenters. The van der Waals surface area contributed by atoms with Crippen molar-refractivity contribution in [1.29, 1.82) is 0 Å². The van der Waals surface area contributed by atoms with Gasteiger partial charge >= 0.3 is 0 Å². The fourth-order valence-corrected chi connectivity index (χ4v) is 3.69. The molecule has 0 spiro atoms. The van der Waals surface area contributed by atoms with Gasteiger partial charge in [0, 0.05) is 41.6 Å². The van der Waals surface area contributed by atoms with Crippen molar-refractivity contribution in [3.8, 4) is 17.1 Å². The van der Waals surface area contributed by atoms with Crippen molar-refractivity contribution >= 4 is 23.4 Å². The Kier molecular flexibility index (Phi) is 6.66. The number of benzene rings is 1. The number of hydrogen-bond donors (Lipinski definition) is 1. The molecule has 4 rings (SSSR count). The number of nitrogens with one attached hydrogen (secondary N) is 1. The molecule has 1 aromatic carbocycles. The number of aromatic nitrogens is 5. The number of thioether (sulfide) groups is 1. The van der Waals surface area contributed by atoms with Crippen molar-refractivity contribution in [2.45, 2.75) is 19.0 Å². The summed E-state index contributed by atoms with van der Waals surface area (Å²) in [5, 5.41) is 13.5. The standard InChI is InChI=1S/C23H21N7OS/c1-16-3-5-20(6-4-16)30-22(19-9-13-25-14-10-19)28-29-23(30)32-15-21(31)27-26-17(2)18-7-11-24-12-8-18/h3-14H,15H2,1-2H3,(H,27,31)/b26-17-. The lowest BCUT2D eigenvalue weighted by atomic mass is 10.2. The Labute approximate surface area is 189 Å². The number of nitrogens with zero attached hydrogens (tertiary/aromatic N) is 6. The fraction of sp³-hybridized carbons (Fsp3) is 0.130. The highest BCUT2D eigenvalue weighted by Gasteiger charge is 2.17. The molecule has 0 bridgehead atoms. The molecule has 0 aliphatic carbocycles. The lowest BCUT2D eigenvalue weighted by Crippen LogP contribution is -2.21. The lowest BCUT2D eigenvalue weighted by Gasteiger charge is -2.10. The first-order chi connectivity index (χ1) is 15.6. The molecule has 3 heterocycles. The van der Waals surface area contributed by atoms with Gasteiger partial charge < -0.3 is 0 Å². The van der Waals surface area contributed by atoms with E-state index < -0.39 is 0 Å². The van der Waals surface area contributed by atoms with Crippen molar-refractivity contribution in [1.82, 2.24) is 30.2 Å². The van der Waals surface area contributed by atoms with Gasteiger partial charge in [-0.05, 0) is 50.2 Å². The van der Waals surface area contributed by atoms with Crippen LogP contribution in [0.4, 0.5) is 0 Å². The molecule has 0 fully saturated rings. The summed E-state index contributed by atoms with van der Waals surface area (Å²) in [5.41, 5.74) is 7.16. The molecule has 0 atom stereocenters. The molecule has 0 radical (unpaired) electrons. The van der Waals surface area contributed by atoms with E-state index in [1.54, 1.807) is 24.8 Å². The van der Waals surface area contributed by atoms with E-state index in [0.717, 1.165) is 22.4 Å². The summed E-state index contributed by atoms with van der Waals surface area (Å²) in [4.78, 5) is 20.5. The number of pyridine rings is 2. The Balaban J connectivity index is 1.53. The quantitative estimate of drug-likeness (QED) is 0.266. The Bertz CT molecular complexity index is 1220. The topological polar surface area (TPSA) is 98.0 Å². The minimum atomic E-state index is -0.229. The monoisotopic (exact) mass is 443 g/mol. The van der Waals surface area contributed by atoms with Gasteiger partial charge in [-0.1, -0.05) is 29.5 Å². The van der Waals surface area contributed by atoms with Crippen LogP contribution in [0.3, 0.4) is 0 Å². The maximum Gasteiger partial charge on any atom is 0.250 e. The van der Waals surface area contributed by atoms with E-state index in [1.165, 1.54) is 11.8 Å². The second-order valence-electron chi connectivity index (χ2n) is 6.97. The number of rotatable bonds is 7. The SMILES string of the molecule is C/C(=N/NC(=O)CSc1nnc(-c2ccncc2)n1-c1ccc(C)cc1)c1ccncc1. The molecule has 160 valence electrons. The summed E-state index contributed by atoms with van der Waals surface area (Å²) in [6, 6.07) is 15.5. The Hall–Kier alpha value is -3.85. The second kappa shape index (κ2) is 9.97. The predicted molar refractivity (Wildman–Crippen MR) is 125 cm³/mol. The first kappa shape index (κ1) is 21.4. The third-order valence-corrected chi connectivity index (χ3v) is 5.57. The number of hydrogen-bond acceptors (Lipinski definition) is 7. The van der Waals surface area contributed by atoms with Crippen LogP contribution in [0, 0.1) is 6.92 Å². The molecule has 4 aromatic rings. The number of aryl methyl sites for hydroxylation is 1. The number of carbonyl (C=O) groups is 1. The van der Waals surface area contributed by atoms with Crippen LogP contribution in [0.25, 0.3) is 17.1 Å². The van der Waals surface area contributed by atoms with Crippen molar-refractivity contribution in [3.63, 3.8) is 0 Å². The highest BCUT2D eigenvalue weighted by molar-refractivity contribution is 7.99. The molecular formula is C23H21N7OS. The van der Waals surface area contributed by atoms with Crippen LogP contribution in [0.2, 0.25) is 0 Å². The van der Waals surface area contributed by atoms with Crippen molar-refractivity contribution < 1.29 is 4.79 Å². The largest absolute Gasteiger partial charge is 0.272 e. The number of hydrazone groups is 1.